The molecular weight excluding hydrogens is 334 g/mol. The largest absolute Gasteiger partial charge is 0.497 e. The summed E-state index contributed by atoms with van der Waals surface area (Å²) in [5.41, 5.74) is -0.811. The Morgan fingerprint density at radius 1 is 1.12 bits per heavy atom. The standard InChI is InChI=1S/C20H23NO5/c1-13(18(22)21-9-7-20(25,8-10-21)19(23)24)14-3-4-16-12-17(26-2)6-5-15(16)11-14/h3-6,11-13,25H,7-10H2,1-2H3,(H,23,24). The maximum atomic E-state index is 12.8. The Kier molecular flexibility index (Phi) is 4.87. The quantitative estimate of drug-likeness (QED) is 0.877. The second-order valence-corrected chi connectivity index (χ2v) is 6.86. The molecule has 2 aromatic rings. The number of carboxylic acid groups (broad SMARTS) is 1. The summed E-state index contributed by atoms with van der Waals surface area (Å²) in [6.45, 7) is 2.35. The van der Waals surface area contributed by atoms with Crippen LogP contribution in [0.4, 0.5) is 0 Å². The summed E-state index contributed by atoms with van der Waals surface area (Å²) in [6.07, 6.45) is 0.108. The van der Waals surface area contributed by atoms with Gasteiger partial charge in [-0.05, 0) is 35.4 Å². The number of aliphatic hydroxyl groups is 1. The van der Waals surface area contributed by atoms with Gasteiger partial charge < -0.3 is 19.8 Å². The molecule has 1 atom stereocenters. The van der Waals surface area contributed by atoms with Crippen LogP contribution in [0.5, 0.6) is 5.75 Å². The minimum absolute atomic E-state index is 0.0506. The van der Waals surface area contributed by atoms with Crippen molar-refractivity contribution in [1.82, 2.24) is 4.90 Å². The van der Waals surface area contributed by atoms with Crippen molar-refractivity contribution >= 4 is 22.6 Å². The molecule has 2 N–H and O–H groups in total. The summed E-state index contributed by atoms with van der Waals surface area (Å²) >= 11 is 0. The van der Waals surface area contributed by atoms with Crippen LogP contribution in [0.15, 0.2) is 36.4 Å². The van der Waals surface area contributed by atoms with E-state index in [-0.39, 0.29) is 37.8 Å². The number of carbonyl (C=O) groups excluding carboxylic acids is 1. The van der Waals surface area contributed by atoms with Crippen molar-refractivity contribution in [1.29, 1.82) is 0 Å². The lowest BCUT2D eigenvalue weighted by Gasteiger charge is -2.36. The Hall–Kier alpha value is -2.60. The number of hydrogen-bond acceptors (Lipinski definition) is 4. The molecule has 0 saturated carbocycles. The summed E-state index contributed by atoms with van der Waals surface area (Å²) in [6, 6.07) is 11.7. The third kappa shape index (κ3) is 3.37. The molecule has 26 heavy (non-hydrogen) atoms. The van der Waals surface area contributed by atoms with Gasteiger partial charge in [-0.15, -0.1) is 0 Å². The lowest BCUT2D eigenvalue weighted by atomic mass is 9.90. The second-order valence-electron chi connectivity index (χ2n) is 6.86. The van der Waals surface area contributed by atoms with Gasteiger partial charge in [-0.2, -0.15) is 0 Å². The highest BCUT2D eigenvalue weighted by atomic mass is 16.5. The normalized spacial score (nSPS) is 17.7. The van der Waals surface area contributed by atoms with Crippen molar-refractivity contribution in [3.63, 3.8) is 0 Å². The summed E-state index contributed by atoms with van der Waals surface area (Å²) < 4.78 is 5.23. The molecule has 6 heteroatoms. The van der Waals surface area contributed by atoms with Gasteiger partial charge in [-0.1, -0.05) is 24.3 Å². The van der Waals surface area contributed by atoms with Gasteiger partial charge in [-0.3, -0.25) is 4.79 Å². The van der Waals surface area contributed by atoms with Crippen LogP contribution >= 0.6 is 0 Å². The third-order valence-electron chi connectivity index (χ3n) is 5.24. The number of amides is 1. The van der Waals surface area contributed by atoms with Gasteiger partial charge in [0, 0.05) is 25.9 Å². The number of benzene rings is 2. The number of ether oxygens (including phenoxy) is 1. The van der Waals surface area contributed by atoms with E-state index >= 15 is 0 Å². The van der Waals surface area contributed by atoms with Crippen LogP contribution in [0.2, 0.25) is 0 Å². The Labute approximate surface area is 152 Å². The summed E-state index contributed by atoms with van der Waals surface area (Å²) in [5.74, 6) is -0.820. The van der Waals surface area contributed by atoms with Gasteiger partial charge in [0.15, 0.2) is 5.60 Å². The van der Waals surface area contributed by atoms with Crippen molar-refractivity contribution in [2.75, 3.05) is 20.2 Å². The van der Waals surface area contributed by atoms with Crippen LogP contribution in [0, 0.1) is 0 Å². The molecule has 1 aliphatic rings. The van der Waals surface area contributed by atoms with Gasteiger partial charge in [0.25, 0.3) is 0 Å². The number of piperidine rings is 1. The SMILES string of the molecule is COc1ccc2cc(C(C)C(=O)N3CCC(O)(C(=O)O)CC3)ccc2c1. The smallest absolute Gasteiger partial charge is 0.335 e. The van der Waals surface area contributed by atoms with E-state index in [0.29, 0.717) is 0 Å². The Bertz CT molecular complexity index is 839. The molecule has 1 fully saturated rings. The molecule has 1 aliphatic heterocycles. The fraction of sp³-hybridized carbons (Fsp3) is 0.400. The van der Waals surface area contributed by atoms with Gasteiger partial charge in [0.05, 0.1) is 13.0 Å². The van der Waals surface area contributed by atoms with Crippen molar-refractivity contribution < 1.29 is 24.5 Å². The van der Waals surface area contributed by atoms with Crippen LogP contribution in [0.3, 0.4) is 0 Å². The van der Waals surface area contributed by atoms with E-state index in [9.17, 15) is 14.7 Å². The number of aliphatic carboxylic acids is 1. The predicted octanol–water partition coefficient (Wildman–Crippen LogP) is 2.39. The summed E-state index contributed by atoms with van der Waals surface area (Å²) in [7, 11) is 1.63. The third-order valence-corrected chi connectivity index (χ3v) is 5.24. The topological polar surface area (TPSA) is 87.1 Å². The van der Waals surface area contributed by atoms with Gasteiger partial charge in [0.1, 0.15) is 5.75 Å². The number of fused-ring (bicyclic) bond motifs is 1. The van der Waals surface area contributed by atoms with Crippen LogP contribution in [0.1, 0.15) is 31.2 Å². The van der Waals surface area contributed by atoms with E-state index in [4.69, 9.17) is 9.84 Å². The maximum absolute atomic E-state index is 12.8. The zero-order chi connectivity index (χ0) is 18.9. The van der Waals surface area contributed by atoms with E-state index in [1.54, 1.807) is 12.0 Å². The highest BCUT2D eigenvalue weighted by molar-refractivity contribution is 5.88. The Balaban J connectivity index is 1.74. The van der Waals surface area contributed by atoms with Crippen LogP contribution < -0.4 is 4.74 Å². The van der Waals surface area contributed by atoms with E-state index in [0.717, 1.165) is 22.1 Å². The fourth-order valence-corrected chi connectivity index (χ4v) is 3.37. The first-order valence-electron chi connectivity index (χ1n) is 8.66. The molecule has 0 aromatic heterocycles. The minimum atomic E-state index is -1.72. The Morgan fingerprint density at radius 2 is 1.73 bits per heavy atom. The average molecular weight is 357 g/mol. The minimum Gasteiger partial charge on any atom is -0.497 e. The molecule has 0 radical (unpaired) electrons. The van der Waals surface area contributed by atoms with E-state index in [2.05, 4.69) is 0 Å². The monoisotopic (exact) mass is 357 g/mol. The van der Waals surface area contributed by atoms with Crippen LogP contribution in [-0.4, -0.2) is 52.8 Å². The number of rotatable bonds is 4. The van der Waals surface area contributed by atoms with Crippen molar-refractivity contribution in [3.05, 3.63) is 42.0 Å². The average Bonchev–Trinajstić information content (AvgIpc) is 2.66. The lowest BCUT2D eigenvalue weighted by Crippen LogP contribution is -2.51. The molecular formula is C20H23NO5. The van der Waals surface area contributed by atoms with E-state index in [1.807, 2.05) is 43.3 Å². The highest BCUT2D eigenvalue weighted by Crippen LogP contribution is 2.28. The fourth-order valence-electron chi connectivity index (χ4n) is 3.37. The molecule has 1 heterocycles. The number of methoxy groups -OCH3 is 1. The molecule has 6 nitrogen and oxygen atoms in total. The number of carbonyl (C=O) groups is 2. The molecule has 3 rings (SSSR count). The molecule has 1 amide bonds. The predicted molar refractivity (Wildman–Crippen MR) is 97.3 cm³/mol. The lowest BCUT2D eigenvalue weighted by molar-refractivity contribution is -0.165. The Morgan fingerprint density at radius 3 is 2.35 bits per heavy atom. The maximum Gasteiger partial charge on any atom is 0.335 e. The van der Waals surface area contributed by atoms with Gasteiger partial charge in [0.2, 0.25) is 5.91 Å². The molecule has 0 spiro atoms. The van der Waals surface area contributed by atoms with Gasteiger partial charge in [-0.25, -0.2) is 4.79 Å². The first kappa shape index (κ1) is 18.2. The summed E-state index contributed by atoms with van der Waals surface area (Å²) in [4.78, 5) is 25.5. The van der Waals surface area contributed by atoms with Crippen LogP contribution in [0.25, 0.3) is 10.8 Å². The van der Waals surface area contributed by atoms with E-state index in [1.165, 1.54) is 0 Å². The molecule has 1 unspecified atom stereocenters. The number of likely N-dealkylation sites (tertiary alicyclic amines) is 1. The molecule has 0 aliphatic carbocycles. The van der Waals surface area contributed by atoms with Crippen LogP contribution in [-0.2, 0) is 9.59 Å². The zero-order valence-electron chi connectivity index (χ0n) is 14.9. The highest BCUT2D eigenvalue weighted by Gasteiger charge is 2.41. The molecule has 0 bridgehead atoms. The van der Waals surface area contributed by atoms with Gasteiger partial charge >= 0.3 is 5.97 Å². The molecule has 1 saturated heterocycles. The zero-order valence-corrected chi connectivity index (χ0v) is 14.9. The second kappa shape index (κ2) is 6.96. The molecule has 138 valence electrons. The van der Waals surface area contributed by atoms with E-state index < -0.39 is 11.6 Å². The number of nitrogens with zero attached hydrogens (tertiary/aromatic N) is 1. The van der Waals surface area contributed by atoms with Crippen molar-refractivity contribution in [3.8, 4) is 5.75 Å². The first-order chi connectivity index (χ1) is 12.3. The van der Waals surface area contributed by atoms with Crippen molar-refractivity contribution in [2.24, 2.45) is 0 Å². The summed E-state index contributed by atoms with van der Waals surface area (Å²) in [5, 5.41) is 21.2. The van der Waals surface area contributed by atoms with Crippen molar-refractivity contribution in [2.45, 2.75) is 31.3 Å². The number of carboxylic acids is 1. The first-order valence-corrected chi connectivity index (χ1v) is 8.66. The number of hydrogen-bond donors (Lipinski definition) is 2. The molecule has 2 aromatic carbocycles.